The number of nitrogens with zero attached hydrogens (tertiary/aromatic N) is 2. The van der Waals surface area contributed by atoms with Gasteiger partial charge in [0.15, 0.2) is 5.58 Å². The highest BCUT2D eigenvalue weighted by molar-refractivity contribution is 5.73. The van der Waals surface area contributed by atoms with Crippen molar-refractivity contribution in [1.82, 2.24) is 4.98 Å². The molecule has 0 spiro atoms. The minimum absolute atomic E-state index is 0.229. The summed E-state index contributed by atoms with van der Waals surface area (Å²) in [7, 11) is 0. The Balaban J connectivity index is 2.48. The molecule has 15 heavy (non-hydrogen) atoms. The van der Waals surface area contributed by atoms with E-state index in [2.05, 4.69) is 4.98 Å². The Bertz CT molecular complexity index is 528. The van der Waals surface area contributed by atoms with Crippen molar-refractivity contribution in [2.45, 2.75) is 12.8 Å². The van der Waals surface area contributed by atoms with Crippen LogP contribution in [0.3, 0.4) is 0 Å². The van der Waals surface area contributed by atoms with Crippen molar-refractivity contribution in [2.75, 3.05) is 0 Å². The number of fused-ring (bicyclic) bond motifs is 1. The number of hydrogen-bond acceptors (Lipinski definition) is 3. The van der Waals surface area contributed by atoms with Crippen molar-refractivity contribution in [2.24, 2.45) is 0 Å². The summed E-state index contributed by atoms with van der Waals surface area (Å²) < 4.78 is 29.3. The largest absolute Gasteiger partial charge is 0.435 e. The van der Waals surface area contributed by atoms with Gasteiger partial charge >= 0.3 is 6.43 Å². The van der Waals surface area contributed by atoms with Crippen molar-refractivity contribution in [3.05, 3.63) is 29.7 Å². The normalized spacial score (nSPS) is 10.8. The fourth-order valence-corrected chi connectivity index (χ4v) is 1.29. The van der Waals surface area contributed by atoms with Crippen molar-refractivity contribution in [3.8, 4) is 6.07 Å². The fourth-order valence-electron chi connectivity index (χ4n) is 1.29. The second kappa shape index (κ2) is 3.65. The lowest BCUT2D eigenvalue weighted by molar-refractivity contribution is 0.117. The third kappa shape index (κ3) is 1.79. The standard InChI is InChI=1S/C10H6F2N2O/c11-9(12)10-14-7-5-6(3-4-13)1-2-8(7)15-10/h1-2,5,9H,3H2. The highest BCUT2D eigenvalue weighted by Crippen LogP contribution is 2.24. The lowest BCUT2D eigenvalue weighted by Crippen LogP contribution is -1.82. The Labute approximate surface area is 83.9 Å². The summed E-state index contributed by atoms with van der Waals surface area (Å²) >= 11 is 0. The lowest BCUT2D eigenvalue weighted by atomic mass is 10.1. The summed E-state index contributed by atoms with van der Waals surface area (Å²) in [5.41, 5.74) is 1.41. The Morgan fingerprint density at radius 3 is 2.93 bits per heavy atom. The van der Waals surface area contributed by atoms with E-state index in [0.29, 0.717) is 11.1 Å². The van der Waals surface area contributed by atoms with Gasteiger partial charge in [0.2, 0.25) is 0 Å². The maximum Gasteiger partial charge on any atom is 0.313 e. The van der Waals surface area contributed by atoms with Gasteiger partial charge < -0.3 is 4.42 Å². The highest BCUT2D eigenvalue weighted by Gasteiger charge is 2.15. The Morgan fingerprint density at radius 2 is 2.27 bits per heavy atom. The van der Waals surface area contributed by atoms with E-state index < -0.39 is 12.3 Å². The molecule has 5 heteroatoms. The van der Waals surface area contributed by atoms with E-state index in [1.165, 1.54) is 0 Å². The molecule has 0 saturated heterocycles. The smallest absolute Gasteiger partial charge is 0.313 e. The van der Waals surface area contributed by atoms with Gasteiger partial charge in [-0.3, -0.25) is 0 Å². The predicted octanol–water partition coefficient (Wildman–Crippen LogP) is 2.83. The molecule has 0 atom stereocenters. The van der Waals surface area contributed by atoms with E-state index in [0.717, 1.165) is 5.56 Å². The zero-order chi connectivity index (χ0) is 10.8. The quantitative estimate of drug-likeness (QED) is 0.762. The number of alkyl halides is 2. The molecule has 0 radical (unpaired) electrons. The van der Waals surface area contributed by atoms with Gasteiger partial charge in [0, 0.05) is 0 Å². The maximum absolute atomic E-state index is 12.2. The average molecular weight is 208 g/mol. The first-order valence-corrected chi connectivity index (χ1v) is 4.25. The molecule has 0 aliphatic heterocycles. The summed E-state index contributed by atoms with van der Waals surface area (Å²) in [6, 6.07) is 6.75. The zero-order valence-corrected chi connectivity index (χ0v) is 7.58. The Hall–Kier alpha value is -1.96. The minimum Gasteiger partial charge on any atom is -0.435 e. The van der Waals surface area contributed by atoms with Crippen LogP contribution in [0.15, 0.2) is 22.6 Å². The van der Waals surface area contributed by atoms with Gasteiger partial charge in [0.05, 0.1) is 12.5 Å². The summed E-state index contributed by atoms with van der Waals surface area (Å²) in [5, 5.41) is 8.47. The predicted molar refractivity (Wildman–Crippen MR) is 48.3 cm³/mol. The van der Waals surface area contributed by atoms with Crippen LogP contribution in [0.25, 0.3) is 11.1 Å². The summed E-state index contributed by atoms with van der Waals surface area (Å²) in [6.45, 7) is 0. The van der Waals surface area contributed by atoms with Crippen LogP contribution in [0.2, 0.25) is 0 Å². The van der Waals surface area contributed by atoms with Gasteiger partial charge in [-0.2, -0.15) is 14.0 Å². The molecule has 3 nitrogen and oxygen atoms in total. The number of aromatic nitrogens is 1. The molecule has 0 unspecified atom stereocenters. The van der Waals surface area contributed by atoms with Crippen LogP contribution >= 0.6 is 0 Å². The first-order chi connectivity index (χ1) is 7.20. The highest BCUT2D eigenvalue weighted by atomic mass is 19.3. The van der Waals surface area contributed by atoms with Gasteiger partial charge in [-0.25, -0.2) is 4.98 Å². The number of halogens is 2. The topological polar surface area (TPSA) is 49.8 Å². The number of oxazole rings is 1. The van der Waals surface area contributed by atoms with Crippen LogP contribution in [0.4, 0.5) is 8.78 Å². The van der Waals surface area contributed by atoms with Crippen molar-refractivity contribution < 1.29 is 13.2 Å². The summed E-state index contributed by atoms with van der Waals surface area (Å²) in [4.78, 5) is 3.63. The van der Waals surface area contributed by atoms with E-state index >= 15 is 0 Å². The molecular weight excluding hydrogens is 202 g/mol. The number of rotatable bonds is 2. The van der Waals surface area contributed by atoms with Crippen molar-refractivity contribution >= 4 is 11.1 Å². The molecule has 0 saturated carbocycles. The second-order valence-corrected chi connectivity index (χ2v) is 2.99. The van der Waals surface area contributed by atoms with Crippen molar-refractivity contribution in [3.63, 3.8) is 0 Å². The fraction of sp³-hybridized carbons (Fsp3) is 0.200. The van der Waals surface area contributed by atoms with Crippen LogP contribution < -0.4 is 0 Å². The SMILES string of the molecule is N#CCc1ccc2oc(C(F)F)nc2c1. The van der Waals surface area contributed by atoms with E-state index in [-0.39, 0.29) is 6.42 Å². The first kappa shape index (κ1) is 9.59. The number of hydrogen-bond donors (Lipinski definition) is 0. The van der Waals surface area contributed by atoms with Gasteiger partial charge in [-0.15, -0.1) is 0 Å². The van der Waals surface area contributed by atoms with Gasteiger partial charge in [0.25, 0.3) is 5.89 Å². The molecular formula is C10H6F2N2O. The third-order valence-corrected chi connectivity index (χ3v) is 1.94. The van der Waals surface area contributed by atoms with Gasteiger partial charge in [-0.05, 0) is 17.7 Å². The maximum atomic E-state index is 12.2. The number of benzene rings is 1. The van der Waals surface area contributed by atoms with Crippen LogP contribution in [0.5, 0.6) is 0 Å². The van der Waals surface area contributed by atoms with E-state index in [1.54, 1.807) is 18.2 Å². The van der Waals surface area contributed by atoms with Crippen LogP contribution in [-0.4, -0.2) is 4.98 Å². The van der Waals surface area contributed by atoms with Gasteiger partial charge in [0.1, 0.15) is 5.52 Å². The molecule has 1 aromatic carbocycles. The van der Waals surface area contributed by atoms with E-state index in [9.17, 15) is 8.78 Å². The van der Waals surface area contributed by atoms with Crippen LogP contribution in [0, 0.1) is 11.3 Å². The molecule has 1 heterocycles. The second-order valence-electron chi connectivity index (χ2n) is 2.99. The van der Waals surface area contributed by atoms with Gasteiger partial charge in [-0.1, -0.05) is 6.07 Å². The molecule has 0 aliphatic carbocycles. The molecule has 1 aromatic heterocycles. The minimum atomic E-state index is -2.71. The van der Waals surface area contributed by atoms with Crippen LogP contribution in [-0.2, 0) is 6.42 Å². The monoisotopic (exact) mass is 208 g/mol. The third-order valence-electron chi connectivity index (χ3n) is 1.94. The summed E-state index contributed by atoms with van der Waals surface area (Å²) in [6.07, 6.45) is -2.48. The molecule has 0 amide bonds. The van der Waals surface area contributed by atoms with E-state index in [1.807, 2.05) is 6.07 Å². The molecule has 2 aromatic rings. The molecule has 2 rings (SSSR count). The molecule has 0 bridgehead atoms. The summed E-state index contributed by atoms with van der Waals surface area (Å²) in [5.74, 6) is -0.584. The zero-order valence-electron chi connectivity index (χ0n) is 7.58. The molecule has 76 valence electrons. The molecule has 0 aliphatic rings. The first-order valence-electron chi connectivity index (χ1n) is 4.25. The van der Waals surface area contributed by atoms with Crippen LogP contribution in [0.1, 0.15) is 17.9 Å². The molecule has 0 fully saturated rings. The van der Waals surface area contributed by atoms with E-state index in [4.69, 9.17) is 9.68 Å². The van der Waals surface area contributed by atoms with Crippen molar-refractivity contribution in [1.29, 1.82) is 5.26 Å². The Morgan fingerprint density at radius 1 is 1.47 bits per heavy atom. The lowest BCUT2D eigenvalue weighted by Gasteiger charge is -1.91. The molecule has 0 N–H and O–H groups in total. The Kier molecular flexibility index (Phi) is 2.34. The number of nitriles is 1. The average Bonchev–Trinajstić information content (AvgIpc) is 2.61.